The highest BCUT2D eigenvalue weighted by Crippen LogP contribution is 2.28. The van der Waals surface area contributed by atoms with Crippen LogP contribution in [0.4, 0.5) is 0 Å². The van der Waals surface area contributed by atoms with E-state index in [0.29, 0.717) is 23.9 Å². The highest BCUT2D eigenvalue weighted by atomic mass is 32.2. The predicted octanol–water partition coefficient (Wildman–Crippen LogP) is 1.43. The van der Waals surface area contributed by atoms with Gasteiger partial charge in [-0.2, -0.15) is 4.31 Å². The zero-order valence-corrected chi connectivity index (χ0v) is 11.4. The lowest BCUT2D eigenvalue weighted by Gasteiger charge is -2.38. The van der Waals surface area contributed by atoms with Gasteiger partial charge < -0.3 is 5.73 Å². The van der Waals surface area contributed by atoms with E-state index < -0.39 is 10.0 Å². The number of sulfonamides is 1. The van der Waals surface area contributed by atoms with E-state index in [1.807, 2.05) is 6.07 Å². The molecule has 0 saturated carbocycles. The molecular weight excluding hydrogens is 248 g/mol. The Hall–Kier alpha value is -0.910. The summed E-state index contributed by atoms with van der Waals surface area (Å²) in [7, 11) is -3.40. The largest absolute Gasteiger partial charge is 0.329 e. The fourth-order valence-corrected chi connectivity index (χ4v) is 4.38. The maximum absolute atomic E-state index is 12.6. The van der Waals surface area contributed by atoms with E-state index in [4.69, 9.17) is 5.73 Å². The van der Waals surface area contributed by atoms with Gasteiger partial charge in [0.1, 0.15) is 0 Å². The number of rotatable bonds is 3. The molecule has 1 aliphatic heterocycles. The lowest BCUT2D eigenvalue weighted by Crippen LogP contribution is -2.51. The molecular formula is C13H20N2O2S. The van der Waals surface area contributed by atoms with E-state index in [-0.39, 0.29) is 6.04 Å². The molecule has 5 heteroatoms. The first-order valence-corrected chi connectivity index (χ1v) is 7.78. The Labute approximate surface area is 109 Å². The minimum Gasteiger partial charge on any atom is -0.329 e. The van der Waals surface area contributed by atoms with Gasteiger partial charge in [-0.1, -0.05) is 25.1 Å². The third-order valence-electron chi connectivity index (χ3n) is 3.66. The average molecular weight is 268 g/mol. The smallest absolute Gasteiger partial charge is 0.243 e. The second-order valence-corrected chi connectivity index (χ2v) is 6.74. The summed E-state index contributed by atoms with van der Waals surface area (Å²) in [6, 6.07) is 8.52. The standard InChI is InChI=1S/C13H20N2O2S/c1-11-6-5-9-15(13(11)10-14)18(16,17)12-7-3-2-4-8-12/h2-4,7-8,11,13H,5-6,9-10,14H2,1H3. The minimum absolute atomic E-state index is 0.0797. The monoisotopic (exact) mass is 268 g/mol. The van der Waals surface area contributed by atoms with Gasteiger partial charge in [-0.25, -0.2) is 8.42 Å². The van der Waals surface area contributed by atoms with Crippen molar-refractivity contribution >= 4 is 10.0 Å². The molecule has 2 unspecified atom stereocenters. The summed E-state index contributed by atoms with van der Waals surface area (Å²) in [5.41, 5.74) is 5.75. The molecule has 1 aromatic rings. The summed E-state index contributed by atoms with van der Waals surface area (Å²) in [4.78, 5) is 0.359. The first kappa shape index (κ1) is 13.5. The molecule has 1 heterocycles. The second-order valence-electron chi connectivity index (χ2n) is 4.85. The quantitative estimate of drug-likeness (QED) is 0.902. The van der Waals surface area contributed by atoms with E-state index in [1.165, 1.54) is 0 Å². The van der Waals surface area contributed by atoms with Gasteiger partial charge in [-0.3, -0.25) is 0 Å². The van der Waals surface area contributed by atoms with Crippen LogP contribution in [0.5, 0.6) is 0 Å². The molecule has 100 valence electrons. The Morgan fingerprint density at radius 3 is 2.61 bits per heavy atom. The highest BCUT2D eigenvalue weighted by Gasteiger charge is 2.36. The van der Waals surface area contributed by atoms with Gasteiger partial charge in [-0.15, -0.1) is 0 Å². The highest BCUT2D eigenvalue weighted by molar-refractivity contribution is 7.89. The van der Waals surface area contributed by atoms with Crippen LogP contribution in [0.2, 0.25) is 0 Å². The number of nitrogens with zero attached hydrogens (tertiary/aromatic N) is 1. The van der Waals surface area contributed by atoms with E-state index in [1.54, 1.807) is 28.6 Å². The number of hydrogen-bond donors (Lipinski definition) is 1. The van der Waals surface area contributed by atoms with Crippen LogP contribution in [0.1, 0.15) is 19.8 Å². The van der Waals surface area contributed by atoms with Crippen LogP contribution in [0, 0.1) is 5.92 Å². The van der Waals surface area contributed by atoms with Crippen LogP contribution in [0.3, 0.4) is 0 Å². The molecule has 2 atom stereocenters. The zero-order chi connectivity index (χ0) is 13.2. The van der Waals surface area contributed by atoms with Gasteiger partial charge >= 0.3 is 0 Å². The third kappa shape index (κ3) is 2.43. The summed E-state index contributed by atoms with van der Waals surface area (Å²) in [6.07, 6.45) is 1.95. The Morgan fingerprint density at radius 2 is 2.00 bits per heavy atom. The van der Waals surface area contributed by atoms with Crippen LogP contribution in [0.25, 0.3) is 0 Å². The van der Waals surface area contributed by atoms with E-state index in [0.717, 1.165) is 12.8 Å². The Bertz CT molecular complexity index is 487. The van der Waals surface area contributed by atoms with Gasteiger partial charge in [0.2, 0.25) is 10.0 Å². The number of hydrogen-bond acceptors (Lipinski definition) is 3. The Balaban J connectivity index is 2.34. The molecule has 1 saturated heterocycles. The van der Waals surface area contributed by atoms with Gasteiger partial charge in [0, 0.05) is 19.1 Å². The van der Waals surface area contributed by atoms with Gasteiger partial charge in [0.25, 0.3) is 0 Å². The van der Waals surface area contributed by atoms with Crippen molar-refractivity contribution in [2.24, 2.45) is 11.7 Å². The Morgan fingerprint density at radius 1 is 1.33 bits per heavy atom. The fraction of sp³-hybridized carbons (Fsp3) is 0.538. The molecule has 0 radical (unpaired) electrons. The van der Waals surface area contributed by atoms with Crippen molar-refractivity contribution in [3.05, 3.63) is 30.3 Å². The van der Waals surface area contributed by atoms with Gasteiger partial charge in [0.05, 0.1) is 4.90 Å². The molecule has 0 aromatic heterocycles. The second kappa shape index (κ2) is 5.38. The van der Waals surface area contributed by atoms with Crippen LogP contribution >= 0.6 is 0 Å². The van der Waals surface area contributed by atoms with Crippen molar-refractivity contribution in [2.45, 2.75) is 30.7 Å². The molecule has 1 fully saturated rings. The molecule has 18 heavy (non-hydrogen) atoms. The summed E-state index contributed by atoms with van der Waals surface area (Å²) < 4.78 is 26.7. The van der Waals surface area contributed by atoms with E-state index in [2.05, 4.69) is 6.92 Å². The molecule has 4 nitrogen and oxygen atoms in total. The normalized spacial score (nSPS) is 26.1. The predicted molar refractivity (Wildman–Crippen MR) is 71.6 cm³/mol. The van der Waals surface area contributed by atoms with E-state index >= 15 is 0 Å². The lowest BCUT2D eigenvalue weighted by molar-refractivity contribution is 0.192. The number of nitrogens with two attached hydrogens (primary N) is 1. The first-order chi connectivity index (χ1) is 8.57. The first-order valence-electron chi connectivity index (χ1n) is 6.34. The van der Waals surface area contributed by atoms with Crippen LogP contribution in [-0.2, 0) is 10.0 Å². The van der Waals surface area contributed by atoms with Crippen LogP contribution in [0.15, 0.2) is 35.2 Å². The van der Waals surface area contributed by atoms with Crippen LogP contribution < -0.4 is 5.73 Å². The van der Waals surface area contributed by atoms with Crippen molar-refractivity contribution < 1.29 is 8.42 Å². The summed E-state index contributed by atoms with van der Waals surface area (Å²) >= 11 is 0. The van der Waals surface area contributed by atoms with Crippen molar-refractivity contribution in [3.8, 4) is 0 Å². The minimum atomic E-state index is -3.40. The molecule has 0 bridgehead atoms. The number of benzene rings is 1. The van der Waals surface area contributed by atoms with Crippen molar-refractivity contribution in [1.82, 2.24) is 4.31 Å². The lowest BCUT2D eigenvalue weighted by atomic mass is 9.93. The summed E-state index contributed by atoms with van der Waals surface area (Å²) in [6.45, 7) is 3.03. The molecule has 0 amide bonds. The Kier molecular flexibility index (Phi) is 4.04. The molecule has 0 aliphatic carbocycles. The zero-order valence-electron chi connectivity index (χ0n) is 10.6. The average Bonchev–Trinajstić information content (AvgIpc) is 2.39. The maximum atomic E-state index is 12.6. The summed E-state index contributed by atoms with van der Waals surface area (Å²) in [5, 5.41) is 0. The molecule has 2 rings (SSSR count). The fourth-order valence-electron chi connectivity index (χ4n) is 2.59. The van der Waals surface area contributed by atoms with Crippen molar-refractivity contribution in [1.29, 1.82) is 0 Å². The maximum Gasteiger partial charge on any atom is 0.243 e. The van der Waals surface area contributed by atoms with Gasteiger partial charge in [0.15, 0.2) is 0 Å². The van der Waals surface area contributed by atoms with Crippen molar-refractivity contribution in [3.63, 3.8) is 0 Å². The van der Waals surface area contributed by atoms with Crippen LogP contribution in [-0.4, -0.2) is 31.9 Å². The third-order valence-corrected chi connectivity index (χ3v) is 5.59. The van der Waals surface area contributed by atoms with Gasteiger partial charge in [-0.05, 0) is 30.9 Å². The number of piperidine rings is 1. The topological polar surface area (TPSA) is 63.4 Å². The molecule has 1 aromatic carbocycles. The SMILES string of the molecule is CC1CCCN(S(=O)(=O)c2ccccc2)C1CN. The molecule has 0 spiro atoms. The van der Waals surface area contributed by atoms with Crippen molar-refractivity contribution in [2.75, 3.05) is 13.1 Å². The summed E-state index contributed by atoms with van der Waals surface area (Å²) in [5.74, 6) is 0.322. The molecule has 2 N–H and O–H groups in total. The molecule has 1 aliphatic rings. The van der Waals surface area contributed by atoms with E-state index in [9.17, 15) is 8.42 Å².